The highest BCUT2D eigenvalue weighted by Crippen LogP contribution is 2.17. The molecule has 0 radical (unpaired) electrons. The zero-order valence-electron chi connectivity index (χ0n) is 11.3. The van der Waals surface area contributed by atoms with Gasteiger partial charge in [0.25, 0.3) is 0 Å². The average molecular weight is 280 g/mol. The van der Waals surface area contributed by atoms with Crippen molar-refractivity contribution in [3.8, 4) is 0 Å². The van der Waals surface area contributed by atoms with E-state index in [0.29, 0.717) is 12.4 Å². The molecule has 19 heavy (non-hydrogen) atoms. The van der Waals surface area contributed by atoms with Crippen molar-refractivity contribution in [2.75, 3.05) is 13.1 Å². The number of carbonyl (C=O) groups is 1. The molecule has 0 saturated heterocycles. The molecule has 1 aromatic heterocycles. The second-order valence-corrected chi connectivity index (χ2v) is 4.57. The summed E-state index contributed by atoms with van der Waals surface area (Å²) in [7, 11) is 0. The highest BCUT2D eigenvalue weighted by molar-refractivity contribution is 6.16. The van der Waals surface area contributed by atoms with Gasteiger partial charge in [-0.25, -0.2) is 4.98 Å². The van der Waals surface area contributed by atoms with E-state index in [2.05, 4.69) is 4.98 Å². The molecular weight excluding hydrogens is 262 g/mol. The van der Waals surface area contributed by atoms with Crippen LogP contribution in [0.3, 0.4) is 0 Å². The number of amides is 1. The van der Waals surface area contributed by atoms with E-state index in [-0.39, 0.29) is 5.91 Å². The Kier molecular flexibility index (Phi) is 4.43. The zero-order chi connectivity index (χ0) is 13.8. The standard InChI is InChI=1S/C14H18ClN3O/c1-3-17(4-2)14(19)10-18-12-8-6-5-7-11(12)16-13(18)9-15/h5-8H,3-4,9-10H2,1-2H3. The third-order valence-electron chi connectivity index (χ3n) is 3.26. The number of carbonyl (C=O) groups excluding carboxylic acids is 1. The molecule has 0 aliphatic carbocycles. The molecule has 2 aromatic rings. The van der Waals surface area contributed by atoms with Crippen LogP contribution >= 0.6 is 11.6 Å². The number of nitrogens with zero attached hydrogens (tertiary/aromatic N) is 3. The second kappa shape index (κ2) is 6.06. The summed E-state index contributed by atoms with van der Waals surface area (Å²) >= 11 is 5.93. The number of para-hydroxylation sites is 2. The van der Waals surface area contributed by atoms with Gasteiger partial charge in [0.1, 0.15) is 12.4 Å². The number of likely N-dealkylation sites (N-methyl/N-ethyl adjacent to an activating group) is 1. The van der Waals surface area contributed by atoms with Crippen molar-refractivity contribution in [2.45, 2.75) is 26.3 Å². The van der Waals surface area contributed by atoms with E-state index < -0.39 is 0 Å². The number of rotatable bonds is 5. The highest BCUT2D eigenvalue weighted by Gasteiger charge is 2.15. The highest BCUT2D eigenvalue weighted by atomic mass is 35.5. The van der Waals surface area contributed by atoms with E-state index in [0.717, 1.165) is 29.9 Å². The van der Waals surface area contributed by atoms with Gasteiger partial charge in [-0.3, -0.25) is 4.79 Å². The van der Waals surface area contributed by atoms with Gasteiger partial charge in [0.05, 0.1) is 16.9 Å². The van der Waals surface area contributed by atoms with Gasteiger partial charge < -0.3 is 9.47 Å². The fourth-order valence-electron chi connectivity index (χ4n) is 2.22. The van der Waals surface area contributed by atoms with Gasteiger partial charge in [-0.1, -0.05) is 12.1 Å². The summed E-state index contributed by atoms with van der Waals surface area (Å²) in [5, 5.41) is 0. The maximum absolute atomic E-state index is 12.2. The molecule has 4 nitrogen and oxygen atoms in total. The lowest BCUT2D eigenvalue weighted by atomic mass is 10.3. The smallest absolute Gasteiger partial charge is 0.242 e. The molecule has 0 atom stereocenters. The van der Waals surface area contributed by atoms with E-state index in [9.17, 15) is 4.79 Å². The number of fused-ring (bicyclic) bond motifs is 1. The van der Waals surface area contributed by atoms with E-state index >= 15 is 0 Å². The maximum atomic E-state index is 12.2. The number of imidazole rings is 1. The van der Waals surface area contributed by atoms with E-state index in [1.807, 2.05) is 47.6 Å². The van der Waals surface area contributed by atoms with Crippen LogP contribution < -0.4 is 0 Å². The van der Waals surface area contributed by atoms with E-state index in [1.165, 1.54) is 0 Å². The zero-order valence-corrected chi connectivity index (χ0v) is 12.0. The summed E-state index contributed by atoms with van der Waals surface area (Å²) in [6, 6.07) is 7.78. The molecule has 0 saturated carbocycles. The first-order valence-electron chi connectivity index (χ1n) is 6.49. The van der Waals surface area contributed by atoms with Gasteiger partial charge in [0.2, 0.25) is 5.91 Å². The van der Waals surface area contributed by atoms with Crippen LogP contribution in [0.15, 0.2) is 24.3 Å². The molecule has 0 spiro atoms. The quantitative estimate of drug-likeness (QED) is 0.789. The first-order chi connectivity index (χ1) is 9.21. The first-order valence-corrected chi connectivity index (χ1v) is 7.02. The Labute approximate surface area is 118 Å². The molecule has 0 fully saturated rings. The lowest BCUT2D eigenvalue weighted by molar-refractivity contribution is -0.131. The van der Waals surface area contributed by atoms with Crippen LogP contribution in [0.2, 0.25) is 0 Å². The van der Waals surface area contributed by atoms with Crippen LogP contribution in [-0.2, 0) is 17.2 Å². The fraction of sp³-hybridized carbons (Fsp3) is 0.429. The van der Waals surface area contributed by atoms with Crippen molar-refractivity contribution in [3.05, 3.63) is 30.1 Å². The summed E-state index contributed by atoms with van der Waals surface area (Å²) in [5.41, 5.74) is 1.84. The van der Waals surface area contributed by atoms with Crippen LogP contribution in [0.4, 0.5) is 0 Å². The van der Waals surface area contributed by atoms with Gasteiger partial charge in [-0.15, -0.1) is 11.6 Å². The van der Waals surface area contributed by atoms with Gasteiger partial charge in [-0.2, -0.15) is 0 Å². The van der Waals surface area contributed by atoms with Crippen molar-refractivity contribution in [3.63, 3.8) is 0 Å². The minimum absolute atomic E-state index is 0.0968. The minimum Gasteiger partial charge on any atom is -0.342 e. The number of benzene rings is 1. The Balaban J connectivity index is 2.36. The number of hydrogen-bond donors (Lipinski definition) is 0. The Bertz CT molecular complexity index is 575. The Morgan fingerprint density at radius 3 is 2.63 bits per heavy atom. The summed E-state index contributed by atoms with van der Waals surface area (Å²) in [5.74, 6) is 1.14. The van der Waals surface area contributed by atoms with Crippen LogP contribution in [-0.4, -0.2) is 33.4 Å². The number of halogens is 1. The number of alkyl halides is 1. The molecule has 1 aromatic carbocycles. The van der Waals surface area contributed by atoms with E-state index in [1.54, 1.807) is 0 Å². The summed E-state index contributed by atoms with van der Waals surface area (Å²) in [6.45, 7) is 5.70. The van der Waals surface area contributed by atoms with Crippen molar-refractivity contribution in [1.82, 2.24) is 14.5 Å². The summed E-state index contributed by atoms with van der Waals surface area (Å²) < 4.78 is 1.91. The number of aromatic nitrogens is 2. The maximum Gasteiger partial charge on any atom is 0.242 e. The van der Waals surface area contributed by atoms with Crippen molar-refractivity contribution in [1.29, 1.82) is 0 Å². The fourth-order valence-corrected chi connectivity index (χ4v) is 2.42. The summed E-state index contributed by atoms with van der Waals surface area (Å²) in [4.78, 5) is 18.5. The second-order valence-electron chi connectivity index (χ2n) is 4.30. The lowest BCUT2D eigenvalue weighted by Gasteiger charge is -2.19. The van der Waals surface area contributed by atoms with Gasteiger partial charge in [0.15, 0.2) is 0 Å². The molecule has 2 rings (SSSR count). The van der Waals surface area contributed by atoms with Crippen LogP contribution in [0.1, 0.15) is 19.7 Å². The Morgan fingerprint density at radius 2 is 2.00 bits per heavy atom. The predicted molar refractivity (Wildman–Crippen MR) is 77.2 cm³/mol. The Morgan fingerprint density at radius 1 is 1.32 bits per heavy atom. The average Bonchev–Trinajstić information content (AvgIpc) is 2.78. The molecule has 0 unspecified atom stereocenters. The molecule has 5 heteroatoms. The topological polar surface area (TPSA) is 38.1 Å². The van der Waals surface area contributed by atoms with Crippen molar-refractivity contribution < 1.29 is 4.79 Å². The third-order valence-corrected chi connectivity index (χ3v) is 3.50. The summed E-state index contributed by atoms with van der Waals surface area (Å²) in [6.07, 6.45) is 0. The van der Waals surface area contributed by atoms with Crippen LogP contribution in [0, 0.1) is 0 Å². The lowest BCUT2D eigenvalue weighted by Crippen LogP contribution is -2.33. The molecule has 0 bridgehead atoms. The molecule has 102 valence electrons. The normalized spacial score (nSPS) is 10.9. The molecule has 1 amide bonds. The van der Waals surface area contributed by atoms with Gasteiger partial charge >= 0.3 is 0 Å². The largest absolute Gasteiger partial charge is 0.342 e. The van der Waals surface area contributed by atoms with Crippen molar-refractivity contribution >= 4 is 28.5 Å². The molecular formula is C14H18ClN3O. The molecule has 0 N–H and O–H groups in total. The Hall–Kier alpha value is -1.55. The van der Waals surface area contributed by atoms with Crippen LogP contribution in [0.5, 0.6) is 0 Å². The monoisotopic (exact) mass is 279 g/mol. The van der Waals surface area contributed by atoms with Crippen LogP contribution in [0.25, 0.3) is 11.0 Å². The van der Waals surface area contributed by atoms with E-state index in [4.69, 9.17) is 11.6 Å². The van der Waals surface area contributed by atoms with Gasteiger partial charge in [-0.05, 0) is 26.0 Å². The molecule has 0 aliphatic heterocycles. The first kappa shape index (κ1) is 13.9. The van der Waals surface area contributed by atoms with Crippen molar-refractivity contribution in [2.24, 2.45) is 0 Å². The molecule has 1 heterocycles. The third kappa shape index (κ3) is 2.73. The number of hydrogen-bond acceptors (Lipinski definition) is 2. The minimum atomic E-state index is 0.0968. The van der Waals surface area contributed by atoms with Gasteiger partial charge in [0, 0.05) is 13.1 Å². The predicted octanol–water partition coefficient (Wildman–Crippen LogP) is 2.64. The molecule has 0 aliphatic rings. The SMILES string of the molecule is CCN(CC)C(=O)Cn1c(CCl)nc2ccccc21.